The van der Waals surface area contributed by atoms with Gasteiger partial charge in [0.1, 0.15) is 5.82 Å². The smallest absolute Gasteiger partial charge is 0.140 e. The molecule has 0 atom stereocenters. The largest absolute Gasteiger partial charge is 0.369 e. The molecule has 2 N–H and O–H groups in total. The van der Waals surface area contributed by atoms with Gasteiger partial charge in [0.05, 0.1) is 15.8 Å². The second-order valence-electron chi connectivity index (χ2n) is 3.24. The molecule has 0 aliphatic carbocycles. The number of nitrogens with one attached hydrogen (secondary N) is 2. The number of pyridine rings is 1. The maximum atomic E-state index is 5.80. The number of hydrogen-bond acceptors (Lipinski definition) is 3. The van der Waals surface area contributed by atoms with Crippen LogP contribution in [-0.2, 0) is 6.42 Å². The summed E-state index contributed by atoms with van der Waals surface area (Å²) in [6.07, 6.45) is 5.97. The minimum atomic E-state index is 0.617. The molecule has 0 aliphatic rings. The molecule has 0 unspecified atom stereocenters. The van der Waals surface area contributed by atoms with Crippen LogP contribution in [0.1, 0.15) is 5.69 Å². The van der Waals surface area contributed by atoms with Gasteiger partial charge in [-0.25, -0.2) is 9.97 Å². The summed E-state index contributed by atoms with van der Waals surface area (Å²) < 4.78 is 0.865. The molecule has 0 fully saturated rings. The lowest BCUT2D eigenvalue weighted by Gasteiger charge is -2.06. The van der Waals surface area contributed by atoms with Crippen molar-refractivity contribution in [3.05, 3.63) is 40.0 Å². The molecule has 0 aliphatic heterocycles. The summed E-state index contributed by atoms with van der Waals surface area (Å²) in [7, 11) is 0. The van der Waals surface area contributed by atoms with E-state index in [4.69, 9.17) is 11.6 Å². The van der Waals surface area contributed by atoms with E-state index in [9.17, 15) is 0 Å². The number of hydrogen-bond donors (Lipinski definition) is 2. The number of aromatic amines is 1. The standard InChI is InChI=1S/C10H10BrClN4/c11-9-3-7(12)4-15-10(9)14-2-1-8-5-13-6-16-8/h3-6H,1-2H2,(H,13,16)(H,14,15). The lowest BCUT2D eigenvalue weighted by molar-refractivity contribution is 0.966. The van der Waals surface area contributed by atoms with Gasteiger partial charge in [0.2, 0.25) is 0 Å². The van der Waals surface area contributed by atoms with E-state index in [0.717, 1.165) is 29.0 Å². The first-order valence-electron chi connectivity index (χ1n) is 4.78. The van der Waals surface area contributed by atoms with Crippen LogP contribution >= 0.6 is 27.5 Å². The van der Waals surface area contributed by atoms with Crippen LogP contribution in [0.15, 0.2) is 29.3 Å². The van der Waals surface area contributed by atoms with Crippen molar-refractivity contribution in [3.8, 4) is 0 Å². The predicted molar refractivity (Wildman–Crippen MR) is 67.7 cm³/mol. The van der Waals surface area contributed by atoms with Crippen LogP contribution in [0.2, 0.25) is 5.02 Å². The van der Waals surface area contributed by atoms with Gasteiger partial charge in [0, 0.05) is 31.1 Å². The Balaban J connectivity index is 1.90. The number of rotatable bonds is 4. The maximum absolute atomic E-state index is 5.80. The van der Waals surface area contributed by atoms with Crippen LogP contribution in [0.25, 0.3) is 0 Å². The Bertz CT molecular complexity index is 458. The Kier molecular flexibility index (Phi) is 3.79. The van der Waals surface area contributed by atoms with Gasteiger partial charge < -0.3 is 10.3 Å². The highest BCUT2D eigenvalue weighted by Crippen LogP contribution is 2.22. The molecular formula is C10H10BrClN4. The Hall–Kier alpha value is -1.07. The minimum absolute atomic E-state index is 0.617. The summed E-state index contributed by atoms with van der Waals surface area (Å²) in [5.74, 6) is 0.795. The quantitative estimate of drug-likeness (QED) is 0.913. The molecule has 0 saturated carbocycles. The van der Waals surface area contributed by atoms with Gasteiger partial charge >= 0.3 is 0 Å². The van der Waals surface area contributed by atoms with E-state index >= 15 is 0 Å². The minimum Gasteiger partial charge on any atom is -0.369 e. The summed E-state index contributed by atoms with van der Waals surface area (Å²) in [5, 5.41) is 3.83. The normalized spacial score (nSPS) is 10.4. The number of aromatic nitrogens is 3. The molecule has 0 bridgehead atoms. The van der Waals surface area contributed by atoms with Crippen LogP contribution in [0, 0.1) is 0 Å². The van der Waals surface area contributed by atoms with E-state index < -0.39 is 0 Å². The highest BCUT2D eigenvalue weighted by Gasteiger charge is 2.01. The van der Waals surface area contributed by atoms with Crippen molar-refractivity contribution in [2.24, 2.45) is 0 Å². The second kappa shape index (κ2) is 5.32. The van der Waals surface area contributed by atoms with Crippen molar-refractivity contribution in [3.63, 3.8) is 0 Å². The van der Waals surface area contributed by atoms with Crippen molar-refractivity contribution in [2.75, 3.05) is 11.9 Å². The van der Waals surface area contributed by atoms with Crippen molar-refractivity contribution in [2.45, 2.75) is 6.42 Å². The monoisotopic (exact) mass is 300 g/mol. The topological polar surface area (TPSA) is 53.6 Å². The van der Waals surface area contributed by atoms with Gasteiger partial charge in [-0.3, -0.25) is 0 Å². The molecule has 0 spiro atoms. The van der Waals surface area contributed by atoms with Crippen LogP contribution in [0.3, 0.4) is 0 Å². The van der Waals surface area contributed by atoms with Crippen molar-refractivity contribution >= 4 is 33.3 Å². The lowest BCUT2D eigenvalue weighted by Crippen LogP contribution is -2.06. The van der Waals surface area contributed by atoms with Gasteiger partial charge in [-0.15, -0.1) is 0 Å². The zero-order chi connectivity index (χ0) is 11.4. The third-order valence-corrected chi connectivity index (χ3v) is 2.86. The Morgan fingerprint density at radius 2 is 2.31 bits per heavy atom. The van der Waals surface area contributed by atoms with E-state index in [0.29, 0.717) is 5.02 Å². The average molecular weight is 302 g/mol. The highest BCUT2D eigenvalue weighted by molar-refractivity contribution is 9.10. The van der Waals surface area contributed by atoms with E-state index in [-0.39, 0.29) is 0 Å². The third-order valence-electron chi connectivity index (χ3n) is 2.05. The van der Waals surface area contributed by atoms with Gasteiger partial charge in [0.15, 0.2) is 0 Å². The Morgan fingerprint density at radius 1 is 1.44 bits per heavy atom. The van der Waals surface area contributed by atoms with E-state index in [2.05, 4.69) is 36.2 Å². The first-order chi connectivity index (χ1) is 7.75. The molecule has 4 nitrogen and oxygen atoms in total. The molecule has 0 aromatic carbocycles. The number of halogens is 2. The average Bonchev–Trinajstić information content (AvgIpc) is 2.74. The molecule has 2 aromatic heterocycles. The zero-order valence-corrected chi connectivity index (χ0v) is 10.7. The first kappa shape index (κ1) is 11.4. The van der Waals surface area contributed by atoms with Crippen LogP contribution < -0.4 is 5.32 Å². The Morgan fingerprint density at radius 3 is 3.00 bits per heavy atom. The third kappa shape index (κ3) is 2.96. The molecular weight excluding hydrogens is 291 g/mol. The maximum Gasteiger partial charge on any atom is 0.140 e. The fourth-order valence-electron chi connectivity index (χ4n) is 1.28. The van der Waals surface area contributed by atoms with Gasteiger partial charge in [-0.1, -0.05) is 11.6 Å². The summed E-state index contributed by atoms with van der Waals surface area (Å²) in [6, 6.07) is 1.81. The molecule has 84 valence electrons. The molecule has 0 saturated heterocycles. The van der Waals surface area contributed by atoms with Crippen LogP contribution in [-0.4, -0.2) is 21.5 Å². The molecule has 2 aromatic rings. The second-order valence-corrected chi connectivity index (χ2v) is 4.53. The summed E-state index contributed by atoms with van der Waals surface area (Å²) in [5.41, 5.74) is 1.09. The predicted octanol–water partition coefficient (Wildman–Crippen LogP) is 2.88. The zero-order valence-electron chi connectivity index (χ0n) is 8.37. The van der Waals surface area contributed by atoms with E-state index in [1.165, 1.54) is 0 Å². The molecule has 0 amide bonds. The number of H-pyrrole nitrogens is 1. The van der Waals surface area contributed by atoms with Crippen LogP contribution in [0.5, 0.6) is 0 Å². The van der Waals surface area contributed by atoms with Crippen molar-refractivity contribution < 1.29 is 0 Å². The van der Waals surface area contributed by atoms with Gasteiger partial charge in [0.25, 0.3) is 0 Å². The molecule has 2 heterocycles. The lowest BCUT2D eigenvalue weighted by atomic mass is 10.3. The summed E-state index contributed by atoms with van der Waals surface area (Å²) in [6.45, 7) is 0.787. The van der Waals surface area contributed by atoms with Crippen molar-refractivity contribution in [1.29, 1.82) is 0 Å². The molecule has 6 heteroatoms. The fourth-order valence-corrected chi connectivity index (χ4v) is 2.06. The van der Waals surface area contributed by atoms with Crippen molar-refractivity contribution in [1.82, 2.24) is 15.0 Å². The number of imidazole rings is 1. The SMILES string of the molecule is Clc1cnc(NCCc2cnc[nH]2)c(Br)c1. The molecule has 16 heavy (non-hydrogen) atoms. The number of anilines is 1. The van der Waals surface area contributed by atoms with Gasteiger partial charge in [-0.05, 0) is 22.0 Å². The molecule has 2 rings (SSSR count). The van der Waals surface area contributed by atoms with E-state index in [1.54, 1.807) is 12.5 Å². The summed E-state index contributed by atoms with van der Waals surface area (Å²) >= 11 is 9.20. The number of nitrogens with zero attached hydrogens (tertiary/aromatic N) is 2. The van der Waals surface area contributed by atoms with Crippen LogP contribution in [0.4, 0.5) is 5.82 Å². The van der Waals surface area contributed by atoms with E-state index in [1.807, 2.05) is 12.3 Å². The first-order valence-corrected chi connectivity index (χ1v) is 5.95. The Labute approximate surface area is 107 Å². The fraction of sp³-hybridized carbons (Fsp3) is 0.200. The van der Waals surface area contributed by atoms with Gasteiger partial charge in [-0.2, -0.15) is 0 Å². The summed E-state index contributed by atoms with van der Waals surface area (Å²) in [4.78, 5) is 11.2. The molecule has 0 radical (unpaired) electrons. The highest BCUT2D eigenvalue weighted by atomic mass is 79.9.